The molecule has 0 aromatic heterocycles. The van der Waals surface area contributed by atoms with Crippen molar-refractivity contribution in [1.82, 2.24) is 5.32 Å². The number of nitrogens with one attached hydrogen (secondary N) is 1. The summed E-state index contributed by atoms with van der Waals surface area (Å²) in [4.78, 5) is 21.6. The molecule has 0 saturated carbocycles. The first-order chi connectivity index (χ1) is 16.5. The predicted molar refractivity (Wildman–Crippen MR) is 129 cm³/mol. The lowest BCUT2D eigenvalue weighted by Gasteiger charge is -2.36. The highest BCUT2D eigenvalue weighted by Crippen LogP contribution is 2.36. The minimum absolute atomic E-state index is 0.00243. The highest BCUT2D eigenvalue weighted by atomic mass is 16.3. The zero-order valence-corrected chi connectivity index (χ0v) is 18.6. The third-order valence-corrected chi connectivity index (χ3v) is 6.61. The Hall–Kier alpha value is -3.62. The molecule has 8 nitrogen and oxygen atoms in total. The summed E-state index contributed by atoms with van der Waals surface area (Å²) >= 11 is 0. The van der Waals surface area contributed by atoms with Crippen LogP contribution in [0.4, 0.5) is 11.4 Å². The molecule has 3 unspecified atom stereocenters. The lowest BCUT2D eigenvalue weighted by atomic mass is 9.72. The Bertz CT molecular complexity index is 1180. The van der Waals surface area contributed by atoms with Gasteiger partial charge in [-0.2, -0.15) is 0 Å². The second-order valence-corrected chi connectivity index (χ2v) is 8.78. The van der Waals surface area contributed by atoms with E-state index in [0.717, 1.165) is 17.5 Å². The molecule has 8 heteroatoms. The molecule has 4 N–H and O–H groups in total. The van der Waals surface area contributed by atoms with E-state index in [4.69, 9.17) is 0 Å². The molecular formula is C26H27N3O5. The van der Waals surface area contributed by atoms with Crippen LogP contribution in [-0.4, -0.2) is 28.1 Å². The molecule has 0 heterocycles. The molecule has 1 aliphatic carbocycles. The standard InChI is InChI=1S/C26H27N3O5/c30-24-8-6-17(12-23(24)29-34)11-20-14-18-3-1-2-4-19(18)15-21(20)26(32)27-10-9-16-5-7-22(28-33)25(31)13-16/h1-8,12-13,20-21,26-27,30-32H,9-11,14-15H2. The molecule has 34 heavy (non-hydrogen) atoms. The van der Waals surface area contributed by atoms with Crippen LogP contribution >= 0.6 is 0 Å². The average molecular weight is 462 g/mol. The summed E-state index contributed by atoms with van der Waals surface area (Å²) in [6.07, 6.45) is 1.94. The first-order valence-electron chi connectivity index (χ1n) is 11.3. The lowest BCUT2D eigenvalue weighted by molar-refractivity contribution is 0.0394. The first kappa shape index (κ1) is 23.5. The van der Waals surface area contributed by atoms with Crippen molar-refractivity contribution in [1.29, 1.82) is 0 Å². The number of aliphatic hydroxyl groups excluding tert-OH is 1. The molecule has 0 aliphatic heterocycles. The van der Waals surface area contributed by atoms with Crippen LogP contribution in [0.15, 0.2) is 71.0 Å². The Morgan fingerprint density at radius 2 is 1.56 bits per heavy atom. The van der Waals surface area contributed by atoms with E-state index in [2.05, 4.69) is 27.8 Å². The number of benzene rings is 3. The maximum absolute atomic E-state index is 11.1. The topological polar surface area (TPSA) is 132 Å². The van der Waals surface area contributed by atoms with Crippen LogP contribution in [0, 0.1) is 21.6 Å². The molecule has 3 aromatic rings. The second kappa shape index (κ2) is 10.5. The van der Waals surface area contributed by atoms with Crippen molar-refractivity contribution in [2.24, 2.45) is 22.2 Å². The van der Waals surface area contributed by atoms with Crippen molar-refractivity contribution >= 4 is 11.4 Å². The van der Waals surface area contributed by atoms with Gasteiger partial charge in [-0.25, -0.2) is 0 Å². The second-order valence-electron chi connectivity index (χ2n) is 8.78. The fraction of sp³-hybridized carbons (Fsp3) is 0.308. The van der Waals surface area contributed by atoms with Gasteiger partial charge in [-0.15, -0.1) is 9.81 Å². The summed E-state index contributed by atoms with van der Waals surface area (Å²) in [5, 5.41) is 39.5. The van der Waals surface area contributed by atoms with Crippen LogP contribution in [-0.2, 0) is 25.7 Å². The Balaban J connectivity index is 1.47. The van der Waals surface area contributed by atoms with Gasteiger partial charge in [0, 0.05) is 12.5 Å². The van der Waals surface area contributed by atoms with Crippen LogP contribution in [0.2, 0.25) is 0 Å². The van der Waals surface area contributed by atoms with E-state index in [0.29, 0.717) is 25.8 Å². The van der Waals surface area contributed by atoms with Crippen molar-refractivity contribution in [2.75, 3.05) is 6.54 Å². The zero-order chi connectivity index (χ0) is 24.1. The van der Waals surface area contributed by atoms with Crippen LogP contribution in [0.5, 0.6) is 11.5 Å². The van der Waals surface area contributed by atoms with Crippen molar-refractivity contribution in [3.63, 3.8) is 0 Å². The SMILES string of the molecule is O=Nc1ccc(CCNC(O)C2Cc3ccccc3CC2Cc2ccc(O)c(N=O)c2)cc1O. The summed E-state index contributed by atoms with van der Waals surface area (Å²) in [5.74, 6) is -0.251. The van der Waals surface area contributed by atoms with Crippen molar-refractivity contribution in [3.8, 4) is 11.5 Å². The molecule has 0 fully saturated rings. The van der Waals surface area contributed by atoms with Gasteiger partial charge in [0.15, 0.2) is 0 Å². The van der Waals surface area contributed by atoms with Crippen LogP contribution < -0.4 is 5.32 Å². The minimum atomic E-state index is -0.761. The Morgan fingerprint density at radius 3 is 2.26 bits per heavy atom. The van der Waals surface area contributed by atoms with Crippen molar-refractivity contribution in [3.05, 3.63) is 92.7 Å². The number of aromatic hydroxyl groups is 2. The number of rotatable bonds is 9. The molecule has 3 atom stereocenters. The molecule has 0 bridgehead atoms. The first-order valence-corrected chi connectivity index (χ1v) is 11.3. The van der Waals surface area contributed by atoms with E-state index in [1.807, 2.05) is 12.1 Å². The predicted octanol–water partition coefficient (Wildman–Crippen LogP) is 4.62. The van der Waals surface area contributed by atoms with Crippen molar-refractivity contribution in [2.45, 2.75) is 31.9 Å². The Kier molecular flexibility index (Phi) is 7.30. The van der Waals surface area contributed by atoms with Gasteiger partial charge in [-0.3, -0.25) is 5.32 Å². The number of aliphatic hydroxyl groups is 1. The van der Waals surface area contributed by atoms with Gasteiger partial charge in [-0.1, -0.05) is 36.4 Å². The molecule has 0 saturated heterocycles. The summed E-state index contributed by atoms with van der Waals surface area (Å²) < 4.78 is 0. The molecule has 0 spiro atoms. The number of fused-ring (bicyclic) bond motifs is 1. The fourth-order valence-electron chi connectivity index (χ4n) is 4.79. The Morgan fingerprint density at radius 1 is 0.853 bits per heavy atom. The van der Waals surface area contributed by atoms with Crippen LogP contribution in [0.25, 0.3) is 0 Å². The highest BCUT2D eigenvalue weighted by Gasteiger charge is 2.33. The number of phenolic OH excluding ortho intramolecular Hbond substituents is 2. The smallest absolute Gasteiger partial charge is 0.149 e. The van der Waals surface area contributed by atoms with Crippen molar-refractivity contribution < 1.29 is 15.3 Å². The summed E-state index contributed by atoms with van der Waals surface area (Å²) in [7, 11) is 0. The molecule has 1 aliphatic rings. The zero-order valence-electron chi connectivity index (χ0n) is 18.6. The average Bonchev–Trinajstić information content (AvgIpc) is 2.84. The molecule has 176 valence electrons. The minimum Gasteiger partial charge on any atom is -0.506 e. The van der Waals surface area contributed by atoms with Gasteiger partial charge in [0.05, 0.1) is 0 Å². The molecule has 0 radical (unpaired) electrons. The van der Waals surface area contributed by atoms with E-state index in [1.54, 1.807) is 18.2 Å². The van der Waals surface area contributed by atoms with Gasteiger partial charge >= 0.3 is 0 Å². The third-order valence-electron chi connectivity index (χ3n) is 6.61. The maximum Gasteiger partial charge on any atom is 0.149 e. The van der Waals surface area contributed by atoms with Crippen LogP contribution in [0.3, 0.4) is 0 Å². The Labute approximate surface area is 197 Å². The van der Waals surface area contributed by atoms with E-state index in [1.165, 1.54) is 29.3 Å². The summed E-state index contributed by atoms with van der Waals surface area (Å²) in [6, 6.07) is 17.8. The number of phenols is 2. The van der Waals surface area contributed by atoms with Gasteiger partial charge in [0.1, 0.15) is 29.1 Å². The summed E-state index contributed by atoms with van der Waals surface area (Å²) in [6.45, 7) is 0.484. The van der Waals surface area contributed by atoms with Crippen LogP contribution in [0.1, 0.15) is 22.3 Å². The monoisotopic (exact) mass is 461 g/mol. The van der Waals surface area contributed by atoms with Gasteiger partial charge < -0.3 is 15.3 Å². The van der Waals surface area contributed by atoms with E-state index in [9.17, 15) is 25.1 Å². The van der Waals surface area contributed by atoms with E-state index < -0.39 is 6.23 Å². The normalized spacial score (nSPS) is 18.1. The fourth-order valence-corrected chi connectivity index (χ4v) is 4.79. The quantitative estimate of drug-likeness (QED) is 0.272. The number of hydrogen-bond acceptors (Lipinski definition) is 8. The maximum atomic E-state index is 11.1. The van der Waals surface area contributed by atoms with E-state index in [-0.39, 0.29) is 34.7 Å². The molecular weight excluding hydrogens is 434 g/mol. The highest BCUT2D eigenvalue weighted by molar-refractivity contribution is 5.53. The number of nitrogens with zero attached hydrogens (tertiary/aromatic N) is 2. The summed E-state index contributed by atoms with van der Waals surface area (Å²) in [5.41, 5.74) is 4.20. The molecule has 3 aromatic carbocycles. The van der Waals surface area contributed by atoms with Gasteiger partial charge in [0.2, 0.25) is 0 Å². The van der Waals surface area contributed by atoms with E-state index >= 15 is 0 Å². The molecule has 0 amide bonds. The third kappa shape index (κ3) is 5.30. The number of nitroso groups, excluding NO2 is 2. The largest absolute Gasteiger partial charge is 0.506 e. The van der Waals surface area contributed by atoms with Gasteiger partial charge in [0.25, 0.3) is 0 Å². The molecule has 4 rings (SSSR count). The lowest BCUT2D eigenvalue weighted by Crippen LogP contribution is -2.44. The van der Waals surface area contributed by atoms with Gasteiger partial charge in [-0.05, 0) is 88.5 Å². The number of hydrogen-bond donors (Lipinski definition) is 4.